The smallest absolute Gasteiger partial charge is 0.391 e. The highest BCUT2D eigenvalue weighted by Crippen LogP contribution is 2.43. The zero-order chi connectivity index (χ0) is 70.0. The molecule has 6 aromatic heterocycles. The van der Waals surface area contributed by atoms with Crippen molar-refractivity contribution in [2.75, 3.05) is 92.5 Å². The first-order chi connectivity index (χ1) is 45.8. The molecule has 12 heterocycles. The van der Waals surface area contributed by atoms with Crippen molar-refractivity contribution in [2.45, 2.75) is 108 Å². The normalized spacial score (nSPS) is 18.6. The van der Waals surface area contributed by atoms with Crippen molar-refractivity contribution < 1.29 is 83.2 Å². The number of carbonyl (C=O) groups excluding carboxylic acids is 6. The number of halogens is 9. The Bertz CT molecular complexity index is 4000. The van der Waals surface area contributed by atoms with Crippen molar-refractivity contribution in [1.82, 2.24) is 33.9 Å². The Labute approximate surface area is 551 Å². The van der Waals surface area contributed by atoms with E-state index in [0.29, 0.717) is 74.0 Å². The van der Waals surface area contributed by atoms with Crippen LogP contribution in [0.5, 0.6) is 5.88 Å². The number of nitrogens with zero attached hydrogens (tertiary/aromatic N) is 13. The predicted molar refractivity (Wildman–Crippen MR) is 336 cm³/mol. The summed E-state index contributed by atoms with van der Waals surface area (Å²) in [5, 5.41) is 25.4. The van der Waals surface area contributed by atoms with Crippen molar-refractivity contribution in [1.29, 1.82) is 0 Å². The summed E-state index contributed by atoms with van der Waals surface area (Å²) in [4.78, 5) is 120. The molecule has 0 spiro atoms. The number of hydrogen-bond acceptors (Lipinski definition) is 20. The zero-order valence-electron chi connectivity index (χ0n) is 52.4. The number of nitrogens with one attached hydrogen (secondary N) is 2. The molecule has 0 radical (unpaired) electrons. The molecule has 0 aromatic carbocycles. The van der Waals surface area contributed by atoms with Gasteiger partial charge in [-0.15, -0.1) is 0 Å². The molecule has 6 aliphatic heterocycles. The van der Waals surface area contributed by atoms with Crippen LogP contribution in [0.4, 0.5) is 95.3 Å². The highest BCUT2D eigenvalue weighted by molar-refractivity contribution is 7.03. The highest BCUT2D eigenvalue weighted by Gasteiger charge is 2.46. The molecule has 25 nitrogen and oxygen atoms in total. The Morgan fingerprint density at radius 1 is 0.619 bits per heavy atom. The minimum absolute atomic E-state index is 0.0590. The largest absolute Gasteiger partial charge is 0.475 e. The van der Waals surface area contributed by atoms with E-state index in [9.17, 15) is 78.2 Å². The van der Waals surface area contributed by atoms with Crippen LogP contribution in [-0.2, 0) is 18.3 Å². The summed E-state index contributed by atoms with van der Waals surface area (Å²) >= 11 is 1.20. The van der Waals surface area contributed by atoms with Crippen LogP contribution in [0.3, 0.4) is 0 Å². The lowest BCUT2D eigenvalue weighted by Crippen LogP contribution is -2.48. The summed E-state index contributed by atoms with van der Waals surface area (Å²) in [6.07, 6.45) is -10.4. The van der Waals surface area contributed by atoms with Crippen molar-refractivity contribution >= 4 is 93.0 Å². The lowest BCUT2D eigenvalue weighted by molar-refractivity contribution is -0.169. The number of ketones is 3. The predicted octanol–water partition coefficient (Wildman–Crippen LogP) is 8.67. The lowest BCUT2D eigenvalue weighted by atomic mass is 10.0. The van der Waals surface area contributed by atoms with Crippen LogP contribution in [0.2, 0.25) is 0 Å². The monoisotopic (exact) mass is 1380 g/mol. The number of aliphatic hydroxyl groups is 2. The number of alkyl halides is 9. The van der Waals surface area contributed by atoms with E-state index in [0.717, 1.165) is 40.1 Å². The summed E-state index contributed by atoms with van der Waals surface area (Å²) in [5.74, 6) is -6.61. The van der Waals surface area contributed by atoms with Crippen LogP contribution in [0.15, 0.2) is 83.5 Å². The number of amides is 5. The minimum atomic E-state index is -4.50. The summed E-state index contributed by atoms with van der Waals surface area (Å²) < 4.78 is 127. The van der Waals surface area contributed by atoms with E-state index in [4.69, 9.17) is 9.84 Å². The Morgan fingerprint density at radius 2 is 1.05 bits per heavy atom. The third kappa shape index (κ3) is 16.2. The quantitative estimate of drug-likeness (QED) is 0.0490. The second-order valence-electron chi connectivity index (χ2n) is 24.3. The molecule has 0 aliphatic carbocycles. The van der Waals surface area contributed by atoms with Gasteiger partial charge in [0.25, 0.3) is 0 Å². The van der Waals surface area contributed by atoms with Gasteiger partial charge < -0.3 is 34.2 Å². The Kier molecular flexibility index (Phi) is 20.9. The molecule has 0 unspecified atom stereocenters. The number of fused-ring (bicyclic) bond motifs is 12. The number of aryl methyl sites for hydroxylation is 1. The number of hydrogen-bond donors (Lipinski definition) is 4. The fourth-order valence-corrected chi connectivity index (χ4v) is 12.3. The van der Waals surface area contributed by atoms with Crippen molar-refractivity contribution in [3.05, 3.63) is 112 Å². The molecule has 12 rings (SSSR count). The topological polar surface area (TPSA) is 295 Å². The average Bonchev–Trinajstić information content (AvgIpc) is 1.70. The molecule has 518 valence electrons. The molecular weight excluding hydrogens is 1320 g/mol. The van der Waals surface area contributed by atoms with Crippen molar-refractivity contribution in [3.8, 4) is 5.88 Å². The van der Waals surface area contributed by atoms with Gasteiger partial charge in [-0.2, -0.15) is 43.9 Å². The first-order valence-corrected chi connectivity index (χ1v) is 31.6. The van der Waals surface area contributed by atoms with Gasteiger partial charge in [-0.1, -0.05) is 20.8 Å². The van der Waals surface area contributed by atoms with Gasteiger partial charge in [0.1, 0.15) is 47.8 Å². The van der Waals surface area contributed by atoms with Gasteiger partial charge in [0.05, 0.1) is 66.0 Å². The van der Waals surface area contributed by atoms with E-state index in [-0.39, 0.29) is 88.7 Å². The molecule has 5 amide bonds. The fraction of sp³-hybridized carbons (Fsp3) is 0.468. The van der Waals surface area contributed by atoms with Crippen LogP contribution >= 0.6 is 11.5 Å². The second-order valence-corrected chi connectivity index (χ2v) is 25.0. The Morgan fingerprint density at radius 3 is 1.47 bits per heavy atom. The molecule has 6 aromatic rings. The molecule has 3 fully saturated rings. The third-order valence-corrected chi connectivity index (χ3v) is 17.8. The van der Waals surface area contributed by atoms with Gasteiger partial charge in [-0.3, -0.25) is 49.3 Å². The molecule has 7 atom stereocenters. The van der Waals surface area contributed by atoms with Gasteiger partial charge in [-0.25, -0.2) is 34.5 Å². The number of urea groups is 2. The second kappa shape index (κ2) is 28.7. The SMILES string of the molecule is C[C@@H](CC(=O)c1ccc2c(n1)N(C(=O)Cc1cn(C)ccc1=O)[C@H]1CCN2C1)C(F)(F)F.C[C@@H](CC(=O)c1ccc2c(n1)N(C(=O)Nc1cc(OC[C@H](O)CO)ncn1)[C@H]1CCN2C1)C(F)(F)F.C[C@@H](CC(=O)c1ccc2c(n1)N(C(=O)Nc1ccsn1)[C@H]1CCN2C1)C(F)(F)F. The van der Waals surface area contributed by atoms with Gasteiger partial charge >= 0.3 is 30.6 Å². The number of ether oxygens (including phenoxy) is 1. The molecule has 97 heavy (non-hydrogen) atoms. The molecule has 0 saturated carbocycles. The van der Waals surface area contributed by atoms with Gasteiger partial charge in [0.2, 0.25) is 11.8 Å². The van der Waals surface area contributed by atoms with Crippen LogP contribution in [0, 0.1) is 17.8 Å². The van der Waals surface area contributed by atoms with E-state index in [2.05, 4.69) is 44.8 Å². The molecular formula is C62H66F9N15O10S. The van der Waals surface area contributed by atoms with Crippen LogP contribution < -0.4 is 50.2 Å². The van der Waals surface area contributed by atoms with E-state index in [1.807, 2.05) is 9.80 Å². The maximum atomic E-state index is 13.3. The molecule has 6 bridgehead atoms. The summed E-state index contributed by atoms with van der Waals surface area (Å²) in [6, 6.07) is 11.9. The van der Waals surface area contributed by atoms with Gasteiger partial charge in [0, 0.05) is 101 Å². The van der Waals surface area contributed by atoms with Gasteiger partial charge in [0.15, 0.2) is 40.2 Å². The first kappa shape index (κ1) is 70.4. The molecule has 3 saturated heterocycles. The Hall–Kier alpha value is -9.38. The number of aromatic nitrogens is 7. The number of anilines is 8. The third-order valence-electron chi connectivity index (χ3n) is 17.2. The van der Waals surface area contributed by atoms with E-state index in [1.54, 1.807) is 53.7 Å². The Balaban J connectivity index is 0.000000159. The molecule has 35 heteroatoms. The average molecular weight is 1380 g/mol. The van der Waals surface area contributed by atoms with Gasteiger partial charge in [-0.05, 0) is 73.3 Å². The van der Waals surface area contributed by atoms with Crippen LogP contribution in [0.25, 0.3) is 0 Å². The fourth-order valence-electron chi connectivity index (χ4n) is 11.8. The maximum Gasteiger partial charge on any atom is 0.391 e. The van der Waals surface area contributed by atoms with Crippen molar-refractivity contribution in [2.24, 2.45) is 24.8 Å². The molecule has 4 N–H and O–H groups in total. The number of aliphatic hydroxyl groups excluding tert-OH is 2. The summed E-state index contributed by atoms with van der Waals surface area (Å²) in [7, 11) is 1.75. The minimum Gasteiger partial charge on any atom is -0.475 e. The van der Waals surface area contributed by atoms with E-state index >= 15 is 0 Å². The highest BCUT2D eigenvalue weighted by atomic mass is 32.1. The number of rotatable bonds is 17. The summed E-state index contributed by atoms with van der Waals surface area (Å²) in [5.41, 5.74) is 1.72. The van der Waals surface area contributed by atoms with E-state index in [1.165, 1.54) is 56.6 Å². The maximum absolute atomic E-state index is 13.3. The van der Waals surface area contributed by atoms with Crippen LogP contribution in [0.1, 0.15) is 96.3 Å². The number of carbonyl (C=O) groups is 6. The van der Waals surface area contributed by atoms with Crippen molar-refractivity contribution in [3.63, 3.8) is 0 Å². The number of Topliss-reactive ketones (excluding diaryl/α,β-unsaturated/α-hetero) is 3. The standard InChI is InChI=1S/C22H25F3N6O5.C22H23F3N4O3.C18H18F3N5O2S/c1-12(22(23,24)25)6-17(34)15-2-3-16-20(28-15)31(13-4-5-30(16)8-13)21(35)29-18-7-19(27-11-26-18)36-10-14(33)9-32;1-13(22(23,24)25)9-19(31)16-3-4-17-21(26-16)29(15-5-8-28(17)12-15)20(32)10-14-11-27(2)7-6-18(14)30;1-10(18(19,20)21)8-14(27)12-2-3-13-16(22-12)26(11-4-6-25(13)9-11)17(28)23-15-5-7-29-24-15/h2-3,7,11-14,32-33H,4-6,8-10H2,1H3,(H,26,27,29,35);3-4,6-7,11,13,15H,5,8-10,12H2,1-2H3;2-3,5,7,10-11H,4,6,8-9H2,1H3,(H,23,24,28)/t12-,13-,14+;13-,15-;10-,11-/m000/s1. The lowest BCUT2D eigenvalue weighted by Gasteiger charge is -2.36. The first-order valence-electron chi connectivity index (χ1n) is 30.7. The number of pyridine rings is 4. The zero-order valence-corrected chi connectivity index (χ0v) is 53.3. The van der Waals surface area contributed by atoms with E-state index < -0.39 is 97.7 Å². The molecule has 6 aliphatic rings. The summed E-state index contributed by atoms with van der Waals surface area (Å²) in [6.45, 7) is 6.02. The van der Waals surface area contributed by atoms with Crippen LogP contribution in [-0.4, -0.2) is 175 Å².